The monoisotopic (exact) mass is 234 g/mol. The van der Waals surface area contributed by atoms with Crippen LogP contribution in [-0.2, 0) is 14.3 Å². The molecular formula is C13H14O4. The zero-order valence-corrected chi connectivity index (χ0v) is 9.98. The van der Waals surface area contributed by atoms with E-state index in [-0.39, 0.29) is 5.76 Å². The predicted molar refractivity (Wildman–Crippen MR) is 63.5 cm³/mol. The predicted octanol–water partition coefficient (Wildman–Crippen LogP) is 1.94. The maximum atomic E-state index is 11.2. The van der Waals surface area contributed by atoms with E-state index in [1.165, 1.54) is 0 Å². The number of benzene rings is 1. The summed E-state index contributed by atoms with van der Waals surface area (Å²) in [5.74, 6) is -2.12. The van der Waals surface area contributed by atoms with Gasteiger partial charge in [-0.25, -0.2) is 4.79 Å². The van der Waals surface area contributed by atoms with Crippen molar-refractivity contribution in [3.05, 3.63) is 41.0 Å². The Bertz CT molecular complexity index is 486. The Balaban J connectivity index is 3.07. The minimum atomic E-state index is -0.998. The number of aryl methyl sites for hydroxylation is 2. The summed E-state index contributed by atoms with van der Waals surface area (Å²) in [4.78, 5) is 22.1. The molecule has 0 fully saturated rings. The van der Waals surface area contributed by atoms with Gasteiger partial charge >= 0.3 is 5.97 Å². The zero-order valence-electron chi connectivity index (χ0n) is 9.98. The first-order chi connectivity index (χ1) is 7.95. The summed E-state index contributed by atoms with van der Waals surface area (Å²) in [6.45, 7) is 3.68. The molecule has 4 nitrogen and oxygen atoms in total. The van der Waals surface area contributed by atoms with Crippen molar-refractivity contribution in [3.63, 3.8) is 0 Å². The molecule has 0 heterocycles. The van der Waals surface area contributed by atoms with Crippen molar-refractivity contribution >= 4 is 17.5 Å². The second kappa shape index (κ2) is 5.30. The van der Waals surface area contributed by atoms with E-state index in [4.69, 9.17) is 0 Å². The van der Waals surface area contributed by atoms with Crippen LogP contribution in [0.15, 0.2) is 24.3 Å². The first-order valence-corrected chi connectivity index (χ1v) is 5.06. The average molecular weight is 234 g/mol. The summed E-state index contributed by atoms with van der Waals surface area (Å²) >= 11 is 0. The number of ether oxygens (including phenoxy) is 1. The van der Waals surface area contributed by atoms with Crippen LogP contribution in [0.25, 0.3) is 5.76 Å². The van der Waals surface area contributed by atoms with Gasteiger partial charge in [0, 0.05) is 11.6 Å². The van der Waals surface area contributed by atoms with Gasteiger partial charge in [0.2, 0.25) is 0 Å². The van der Waals surface area contributed by atoms with Crippen LogP contribution in [0.1, 0.15) is 16.7 Å². The van der Waals surface area contributed by atoms with Gasteiger partial charge in [0.1, 0.15) is 5.76 Å². The minimum absolute atomic E-state index is 0.235. The van der Waals surface area contributed by atoms with Gasteiger partial charge in [-0.3, -0.25) is 4.79 Å². The smallest absolute Gasteiger partial charge is 0.378 e. The average Bonchev–Trinajstić information content (AvgIpc) is 2.30. The Hall–Kier alpha value is -2.10. The van der Waals surface area contributed by atoms with Crippen LogP contribution in [0.2, 0.25) is 0 Å². The van der Waals surface area contributed by atoms with E-state index in [1.54, 1.807) is 13.0 Å². The summed E-state index contributed by atoms with van der Waals surface area (Å²) in [6, 6.07) is 5.47. The molecule has 0 spiro atoms. The van der Waals surface area contributed by atoms with Gasteiger partial charge in [0.15, 0.2) is 0 Å². The summed E-state index contributed by atoms with van der Waals surface area (Å²) in [5, 5.41) is 9.77. The fourth-order valence-corrected chi connectivity index (χ4v) is 1.37. The largest absolute Gasteiger partial charge is 0.507 e. The van der Waals surface area contributed by atoms with Crippen LogP contribution in [0, 0.1) is 13.8 Å². The number of rotatable bonds is 3. The first-order valence-electron chi connectivity index (χ1n) is 5.06. The van der Waals surface area contributed by atoms with E-state index in [2.05, 4.69) is 4.74 Å². The molecule has 0 saturated carbocycles. The molecule has 0 aromatic heterocycles. The highest BCUT2D eigenvalue weighted by atomic mass is 16.5. The molecule has 90 valence electrons. The Kier molecular flexibility index (Phi) is 4.04. The van der Waals surface area contributed by atoms with Crippen molar-refractivity contribution in [2.75, 3.05) is 7.11 Å². The molecule has 1 aromatic carbocycles. The van der Waals surface area contributed by atoms with Crippen LogP contribution in [0.4, 0.5) is 0 Å². The fraction of sp³-hybridized carbons (Fsp3) is 0.231. The molecule has 4 heteroatoms. The lowest BCUT2D eigenvalue weighted by Crippen LogP contribution is -2.13. The maximum Gasteiger partial charge on any atom is 0.378 e. The third-order valence-corrected chi connectivity index (χ3v) is 2.32. The Labute approximate surface area is 99.5 Å². The van der Waals surface area contributed by atoms with Crippen LogP contribution in [-0.4, -0.2) is 24.0 Å². The molecule has 17 heavy (non-hydrogen) atoms. The molecule has 0 aliphatic heterocycles. The zero-order chi connectivity index (χ0) is 13.0. The molecule has 0 aliphatic carbocycles. The van der Waals surface area contributed by atoms with Crippen molar-refractivity contribution in [1.29, 1.82) is 0 Å². The van der Waals surface area contributed by atoms with Crippen molar-refractivity contribution in [2.45, 2.75) is 13.8 Å². The number of aliphatic hydroxyl groups excluding tert-OH is 1. The van der Waals surface area contributed by atoms with Gasteiger partial charge in [-0.05, 0) is 25.5 Å². The Morgan fingerprint density at radius 2 is 1.94 bits per heavy atom. The highest BCUT2D eigenvalue weighted by molar-refractivity contribution is 6.39. The van der Waals surface area contributed by atoms with E-state index in [0.717, 1.165) is 24.3 Å². The Morgan fingerprint density at radius 3 is 2.53 bits per heavy atom. The van der Waals surface area contributed by atoms with E-state index in [1.807, 2.05) is 19.1 Å². The van der Waals surface area contributed by atoms with Gasteiger partial charge in [-0.2, -0.15) is 0 Å². The lowest BCUT2D eigenvalue weighted by atomic mass is 10.0. The topological polar surface area (TPSA) is 63.6 Å². The molecule has 1 N–H and O–H groups in total. The van der Waals surface area contributed by atoms with Gasteiger partial charge in [-0.15, -0.1) is 0 Å². The van der Waals surface area contributed by atoms with Crippen LogP contribution < -0.4 is 0 Å². The van der Waals surface area contributed by atoms with Gasteiger partial charge in [0.25, 0.3) is 5.78 Å². The molecule has 0 bridgehead atoms. The number of hydrogen-bond donors (Lipinski definition) is 1. The third-order valence-electron chi connectivity index (χ3n) is 2.32. The number of aliphatic hydroxyl groups is 1. The standard InChI is InChI=1S/C13H14O4/c1-8-4-5-9(2)10(6-8)11(14)7-12(15)13(16)17-3/h4-7,14H,1-3H3/b11-7-. The number of methoxy groups -OCH3 is 1. The normalized spacial score (nSPS) is 11.1. The lowest BCUT2D eigenvalue weighted by Gasteiger charge is -2.05. The first kappa shape index (κ1) is 13.0. The third kappa shape index (κ3) is 3.17. The highest BCUT2D eigenvalue weighted by Gasteiger charge is 2.13. The maximum absolute atomic E-state index is 11.2. The van der Waals surface area contributed by atoms with E-state index >= 15 is 0 Å². The summed E-state index contributed by atoms with van der Waals surface area (Å²) < 4.78 is 4.26. The molecular weight excluding hydrogens is 220 g/mol. The summed E-state index contributed by atoms with van der Waals surface area (Å²) in [7, 11) is 1.11. The minimum Gasteiger partial charge on any atom is -0.507 e. The van der Waals surface area contributed by atoms with E-state index in [0.29, 0.717) is 5.56 Å². The van der Waals surface area contributed by atoms with Crippen LogP contribution >= 0.6 is 0 Å². The number of esters is 1. The molecule has 0 atom stereocenters. The molecule has 0 unspecified atom stereocenters. The van der Waals surface area contributed by atoms with Crippen LogP contribution in [0.5, 0.6) is 0 Å². The van der Waals surface area contributed by atoms with E-state index in [9.17, 15) is 14.7 Å². The van der Waals surface area contributed by atoms with E-state index < -0.39 is 11.8 Å². The quantitative estimate of drug-likeness (QED) is 0.376. The number of hydrogen-bond acceptors (Lipinski definition) is 4. The Morgan fingerprint density at radius 1 is 1.29 bits per heavy atom. The number of carbonyl (C=O) groups is 2. The van der Waals surface area contributed by atoms with Crippen molar-refractivity contribution in [2.24, 2.45) is 0 Å². The van der Waals surface area contributed by atoms with Gasteiger partial charge in [-0.1, -0.05) is 17.7 Å². The second-order valence-corrected chi connectivity index (χ2v) is 3.70. The second-order valence-electron chi connectivity index (χ2n) is 3.70. The molecule has 0 saturated heterocycles. The van der Waals surface area contributed by atoms with Crippen molar-refractivity contribution < 1.29 is 19.4 Å². The van der Waals surface area contributed by atoms with Gasteiger partial charge < -0.3 is 9.84 Å². The van der Waals surface area contributed by atoms with Gasteiger partial charge in [0.05, 0.1) is 7.11 Å². The SMILES string of the molecule is COC(=O)C(=O)/C=C(\O)c1cc(C)ccc1C. The molecule has 0 radical (unpaired) electrons. The van der Waals surface area contributed by atoms with Crippen molar-refractivity contribution in [3.8, 4) is 0 Å². The summed E-state index contributed by atoms with van der Waals surface area (Å²) in [5.41, 5.74) is 2.31. The van der Waals surface area contributed by atoms with Crippen molar-refractivity contribution in [1.82, 2.24) is 0 Å². The van der Waals surface area contributed by atoms with Crippen LogP contribution in [0.3, 0.4) is 0 Å². The molecule has 0 aliphatic rings. The highest BCUT2D eigenvalue weighted by Crippen LogP contribution is 2.18. The lowest BCUT2D eigenvalue weighted by molar-refractivity contribution is -0.149. The number of carbonyl (C=O) groups excluding carboxylic acids is 2. The molecule has 1 aromatic rings. The molecule has 0 amide bonds. The summed E-state index contributed by atoms with van der Waals surface area (Å²) in [6.07, 6.45) is 0.869. The number of ketones is 1. The molecule has 1 rings (SSSR count). The fourth-order valence-electron chi connectivity index (χ4n) is 1.37.